The van der Waals surface area contributed by atoms with E-state index in [2.05, 4.69) is 11.5 Å². The third kappa shape index (κ3) is 4.81. The van der Waals surface area contributed by atoms with E-state index in [0.29, 0.717) is 13.0 Å². The Bertz CT molecular complexity index is 515. The van der Waals surface area contributed by atoms with Gasteiger partial charge in [0.15, 0.2) is 0 Å². The Morgan fingerprint density at radius 2 is 2.18 bits per heavy atom. The fourth-order valence-electron chi connectivity index (χ4n) is 2.58. The minimum Gasteiger partial charge on any atom is -0.460 e. The molecular formula is C16H21N3O3. The Labute approximate surface area is 130 Å². The smallest absolute Gasteiger partial charge is 0.320 e. The molecule has 0 bridgehead atoms. The van der Waals surface area contributed by atoms with E-state index in [1.807, 2.05) is 35.2 Å². The number of hydrogen-bond donors (Lipinski definition) is 1. The standard InChI is InChI=1S/C16H21N3O3/c1-21-18-14-7-8-15(9-17)19(10-14)11-16(20)22-12-13-5-3-2-4-6-13/h2-6,14-15,18H,7-8,10-12H2,1H3/t14-,15+/m1/s1. The van der Waals surface area contributed by atoms with E-state index in [4.69, 9.17) is 9.57 Å². The third-order valence-corrected chi connectivity index (χ3v) is 3.69. The molecule has 1 aliphatic rings. The number of hydroxylamine groups is 1. The summed E-state index contributed by atoms with van der Waals surface area (Å²) < 4.78 is 5.28. The lowest BCUT2D eigenvalue weighted by atomic mass is 10.00. The van der Waals surface area contributed by atoms with Gasteiger partial charge in [-0.3, -0.25) is 9.69 Å². The molecule has 1 N–H and O–H groups in total. The molecule has 6 heteroatoms. The van der Waals surface area contributed by atoms with Crippen molar-refractivity contribution in [2.24, 2.45) is 0 Å². The van der Waals surface area contributed by atoms with Crippen LogP contribution in [0.4, 0.5) is 0 Å². The van der Waals surface area contributed by atoms with Crippen LogP contribution in [0.25, 0.3) is 0 Å². The zero-order chi connectivity index (χ0) is 15.8. The fraction of sp³-hybridized carbons (Fsp3) is 0.500. The Balaban J connectivity index is 1.84. The zero-order valence-corrected chi connectivity index (χ0v) is 12.7. The van der Waals surface area contributed by atoms with Crippen LogP contribution in [0, 0.1) is 11.3 Å². The van der Waals surface area contributed by atoms with Crippen molar-refractivity contribution in [1.82, 2.24) is 10.4 Å². The lowest BCUT2D eigenvalue weighted by Gasteiger charge is -2.35. The van der Waals surface area contributed by atoms with Crippen LogP contribution in [0.3, 0.4) is 0 Å². The molecule has 0 radical (unpaired) electrons. The molecule has 0 saturated carbocycles. The van der Waals surface area contributed by atoms with Crippen molar-refractivity contribution < 1.29 is 14.4 Å². The monoisotopic (exact) mass is 303 g/mol. The van der Waals surface area contributed by atoms with E-state index >= 15 is 0 Å². The van der Waals surface area contributed by atoms with Gasteiger partial charge in [0, 0.05) is 12.6 Å². The lowest BCUT2D eigenvalue weighted by Crippen LogP contribution is -2.51. The van der Waals surface area contributed by atoms with Crippen LogP contribution in [0.15, 0.2) is 30.3 Å². The molecule has 6 nitrogen and oxygen atoms in total. The highest BCUT2D eigenvalue weighted by molar-refractivity contribution is 5.71. The Morgan fingerprint density at radius 3 is 2.86 bits per heavy atom. The second-order valence-electron chi connectivity index (χ2n) is 5.32. The number of hydrogen-bond acceptors (Lipinski definition) is 6. The highest BCUT2D eigenvalue weighted by atomic mass is 16.6. The molecule has 1 aliphatic heterocycles. The third-order valence-electron chi connectivity index (χ3n) is 3.69. The SMILES string of the molecule is CON[C@@H]1CC[C@@H](C#N)N(CC(=O)OCc2ccccc2)C1. The first-order chi connectivity index (χ1) is 10.7. The summed E-state index contributed by atoms with van der Waals surface area (Å²) in [5.41, 5.74) is 3.84. The molecule has 2 atom stereocenters. The van der Waals surface area contributed by atoms with E-state index in [0.717, 1.165) is 12.0 Å². The van der Waals surface area contributed by atoms with Crippen LogP contribution in [-0.4, -0.2) is 43.2 Å². The molecule has 1 aromatic carbocycles. The van der Waals surface area contributed by atoms with Gasteiger partial charge in [-0.05, 0) is 18.4 Å². The largest absolute Gasteiger partial charge is 0.460 e. The van der Waals surface area contributed by atoms with Crippen molar-refractivity contribution in [3.05, 3.63) is 35.9 Å². The molecule has 1 fully saturated rings. The molecule has 0 amide bonds. The molecule has 118 valence electrons. The Kier molecular flexibility index (Phi) is 6.34. The molecule has 1 heterocycles. The number of carbonyl (C=O) groups is 1. The Hall–Kier alpha value is -1.94. The highest BCUT2D eigenvalue weighted by Crippen LogP contribution is 2.17. The average molecular weight is 303 g/mol. The summed E-state index contributed by atoms with van der Waals surface area (Å²) in [5.74, 6) is -0.317. The maximum absolute atomic E-state index is 12.0. The summed E-state index contributed by atoms with van der Waals surface area (Å²) in [7, 11) is 1.56. The van der Waals surface area contributed by atoms with Gasteiger partial charge < -0.3 is 9.57 Å². The second-order valence-corrected chi connectivity index (χ2v) is 5.32. The van der Waals surface area contributed by atoms with Crippen molar-refractivity contribution in [2.45, 2.75) is 31.5 Å². The minimum absolute atomic E-state index is 0.118. The van der Waals surface area contributed by atoms with E-state index in [9.17, 15) is 10.1 Å². The van der Waals surface area contributed by atoms with Crippen molar-refractivity contribution >= 4 is 5.97 Å². The summed E-state index contributed by atoms with van der Waals surface area (Å²) in [6, 6.07) is 11.7. The van der Waals surface area contributed by atoms with Crippen LogP contribution >= 0.6 is 0 Å². The fourth-order valence-corrected chi connectivity index (χ4v) is 2.58. The number of piperidine rings is 1. The quantitative estimate of drug-likeness (QED) is 0.629. The van der Waals surface area contributed by atoms with Crippen LogP contribution in [-0.2, 0) is 21.0 Å². The molecule has 22 heavy (non-hydrogen) atoms. The van der Waals surface area contributed by atoms with Crippen molar-refractivity contribution in [2.75, 3.05) is 20.2 Å². The number of nitriles is 1. The number of esters is 1. The minimum atomic E-state index is -0.317. The first kappa shape index (κ1) is 16.4. The van der Waals surface area contributed by atoms with E-state index in [1.54, 1.807) is 7.11 Å². The number of carbonyl (C=O) groups excluding carboxylic acids is 1. The number of ether oxygens (including phenoxy) is 1. The molecule has 0 aromatic heterocycles. The van der Waals surface area contributed by atoms with E-state index in [-0.39, 0.29) is 31.2 Å². The van der Waals surface area contributed by atoms with E-state index < -0.39 is 0 Å². The van der Waals surface area contributed by atoms with Crippen molar-refractivity contribution in [3.63, 3.8) is 0 Å². The number of likely N-dealkylation sites (tertiary alicyclic amines) is 1. The van der Waals surface area contributed by atoms with Crippen LogP contribution in [0.2, 0.25) is 0 Å². The van der Waals surface area contributed by atoms with Gasteiger partial charge in [0.05, 0.1) is 25.8 Å². The van der Waals surface area contributed by atoms with Crippen molar-refractivity contribution in [1.29, 1.82) is 5.26 Å². The molecule has 0 unspecified atom stereocenters. The second kappa shape index (κ2) is 8.49. The van der Waals surface area contributed by atoms with Crippen molar-refractivity contribution in [3.8, 4) is 6.07 Å². The predicted octanol–water partition coefficient (Wildman–Crippen LogP) is 1.24. The maximum atomic E-state index is 12.0. The first-order valence-electron chi connectivity index (χ1n) is 7.34. The van der Waals surface area contributed by atoms with Crippen LogP contribution in [0.5, 0.6) is 0 Å². The summed E-state index contributed by atoms with van der Waals surface area (Å²) >= 11 is 0. The molecule has 0 aliphatic carbocycles. The van der Waals surface area contributed by atoms with Crippen LogP contribution < -0.4 is 5.48 Å². The first-order valence-corrected chi connectivity index (χ1v) is 7.34. The number of rotatable bonds is 6. The lowest BCUT2D eigenvalue weighted by molar-refractivity contribution is -0.147. The molecule has 2 rings (SSSR count). The zero-order valence-electron chi connectivity index (χ0n) is 12.7. The molecular weight excluding hydrogens is 282 g/mol. The van der Waals surface area contributed by atoms with Gasteiger partial charge >= 0.3 is 5.97 Å². The normalized spacial score (nSPS) is 22.0. The number of benzene rings is 1. The molecule has 0 spiro atoms. The number of nitrogens with one attached hydrogen (secondary N) is 1. The predicted molar refractivity (Wildman–Crippen MR) is 80.4 cm³/mol. The molecule has 1 saturated heterocycles. The van der Waals surface area contributed by atoms with Gasteiger partial charge in [0.1, 0.15) is 6.61 Å². The van der Waals surface area contributed by atoms with Gasteiger partial charge in [-0.1, -0.05) is 30.3 Å². The van der Waals surface area contributed by atoms with Crippen LogP contribution in [0.1, 0.15) is 18.4 Å². The summed E-state index contributed by atoms with van der Waals surface area (Å²) in [4.78, 5) is 18.8. The maximum Gasteiger partial charge on any atom is 0.320 e. The van der Waals surface area contributed by atoms with Gasteiger partial charge in [-0.15, -0.1) is 0 Å². The molecule has 1 aromatic rings. The topological polar surface area (TPSA) is 74.6 Å². The van der Waals surface area contributed by atoms with Gasteiger partial charge in [-0.25, -0.2) is 0 Å². The highest BCUT2D eigenvalue weighted by Gasteiger charge is 2.29. The van der Waals surface area contributed by atoms with Gasteiger partial charge in [0.2, 0.25) is 0 Å². The van der Waals surface area contributed by atoms with E-state index in [1.165, 1.54) is 0 Å². The summed E-state index contributed by atoms with van der Waals surface area (Å²) in [6.07, 6.45) is 1.56. The van der Waals surface area contributed by atoms with Gasteiger partial charge in [0.25, 0.3) is 0 Å². The van der Waals surface area contributed by atoms with Gasteiger partial charge in [-0.2, -0.15) is 10.7 Å². The Morgan fingerprint density at radius 1 is 1.41 bits per heavy atom. The summed E-state index contributed by atoms with van der Waals surface area (Å²) in [6.45, 7) is 0.962. The number of nitrogens with zero attached hydrogens (tertiary/aromatic N) is 2. The summed E-state index contributed by atoms with van der Waals surface area (Å²) in [5, 5.41) is 9.20. The average Bonchev–Trinajstić information content (AvgIpc) is 2.54.